The Morgan fingerprint density at radius 1 is 1.03 bits per heavy atom. The zero-order valence-electron chi connectivity index (χ0n) is 19.5. The monoisotopic (exact) mass is 456 g/mol. The molecule has 0 aliphatic carbocycles. The fourth-order valence-corrected chi connectivity index (χ4v) is 4.13. The highest BCUT2D eigenvalue weighted by Gasteiger charge is 2.32. The number of ketones is 1. The van der Waals surface area contributed by atoms with E-state index < -0.39 is 0 Å². The number of nitrogens with zero attached hydrogens (tertiary/aromatic N) is 4. The first-order valence-corrected chi connectivity index (χ1v) is 10.9. The Kier molecular flexibility index (Phi) is 7.19. The molecule has 7 nitrogen and oxygen atoms in total. The van der Waals surface area contributed by atoms with Crippen molar-refractivity contribution in [2.75, 3.05) is 14.2 Å². The summed E-state index contributed by atoms with van der Waals surface area (Å²) in [7, 11) is 3.03. The zero-order chi connectivity index (χ0) is 23.6. The van der Waals surface area contributed by atoms with E-state index >= 15 is 0 Å². The van der Waals surface area contributed by atoms with Crippen LogP contribution in [0.5, 0.6) is 11.9 Å². The Hall–Kier alpha value is -2.93. The van der Waals surface area contributed by atoms with Crippen LogP contribution in [0.3, 0.4) is 0 Å². The Morgan fingerprint density at radius 3 is 2.19 bits per heavy atom. The van der Waals surface area contributed by atoms with Crippen LogP contribution in [0.4, 0.5) is 0 Å². The minimum atomic E-state index is -0.103. The van der Waals surface area contributed by atoms with E-state index in [-0.39, 0.29) is 29.7 Å². The topological polar surface area (TPSA) is 79.1 Å². The molecule has 0 fully saturated rings. The molecule has 2 aromatic heterocycles. The summed E-state index contributed by atoms with van der Waals surface area (Å²) in [6, 6.07) is 7.97. The molecule has 8 heteroatoms. The van der Waals surface area contributed by atoms with Gasteiger partial charge in [0.25, 0.3) is 0 Å². The van der Waals surface area contributed by atoms with Crippen LogP contribution in [0, 0.1) is 5.92 Å². The number of carbonyl (C=O) groups excluding carboxylic acids is 1. The normalized spacial score (nSPS) is 12.3. The average molecular weight is 457 g/mol. The van der Waals surface area contributed by atoms with Gasteiger partial charge in [-0.3, -0.25) is 4.79 Å². The van der Waals surface area contributed by atoms with Crippen LogP contribution in [0.1, 0.15) is 68.3 Å². The van der Waals surface area contributed by atoms with Gasteiger partial charge in [-0.25, -0.2) is 9.97 Å². The Labute approximate surface area is 193 Å². The van der Waals surface area contributed by atoms with E-state index in [1.54, 1.807) is 13.1 Å². The van der Waals surface area contributed by atoms with Gasteiger partial charge in [0.2, 0.25) is 5.88 Å². The maximum atomic E-state index is 12.8. The third-order valence-corrected chi connectivity index (χ3v) is 5.59. The number of ether oxygens (including phenoxy) is 2. The molecular weight excluding hydrogens is 428 g/mol. The van der Waals surface area contributed by atoms with Gasteiger partial charge in [-0.1, -0.05) is 37.6 Å². The van der Waals surface area contributed by atoms with Crippen molar-refractivity contribution in [2.45, 2.75) is 46.6 Å². The zero-order valence-corrected chi connectivity index (χ0v) is 20.3. The number of Topliss-reactive ketones (excluding diaryl/α,β-unsaturated/α-hetero) is 1. The summed E-state index contributed by atoms with van der Waals surface area (Å²) in [4.78, 5) is 26.1. The first-order chi connectivity index (χ1) is 15.2. The van der Waals surface area contributed by atoms with Gasteiger partial charge in [-0.2, -0.15) is 4.98 Å². The van der Waals surface area contributed by atoms with E-state index in [2.05, 4.69) is 42.2 Å². The summed E-state index contributed by atoms with van der Waals surface area (Å²) in [6.45, 7) is 9.94. The summed E-state index contributed by atoms with van der Waals surface area (Å²) >= 11 is 6.14. The molecule has 0 aliphatic heterocycles. The highest BCUT2D eigenvalue weighted by Crippen LogP contribution is 2.40. The van der Waals surface area contributed by atoms with E-state index in [0.29, 0.717) is 28.0 Å². The second-order valence-electron chi connectivity index (χ2n) is 8.24. The molecule has 0 radical (unpaired) electrons. The molecule has 3 rings (SSSR count). The smallest absolute Gasteiger partial charge is 0.319 e. The standard InChI is InChI=1S/C24H29ClN4O3/c1-13(2)19(16-8-10-17(25)11-9-16)21-20(15(5)30)27-22(29(21)14(3)4)18-12-26-24(32-7)28-23(18)31-6/h8-14,19H,1-7H3. The largest absolute Gasteiger partial charge is 0.480 e. The number of benzene rings is 1. The molecule has 0 spiro atoms. The first-order valence-electron chi connectivity index (χ1n) is 10.5. The molecule has 0 amide bonds. The summed E-state index contributed by atoms with van der Waals surface area (Å²) in [6.07, 6.45) is 1.62. The van der Waals surface area contributed by atoms with Gasteiger partial charge in [0.1, 0.15) is 11.5 Å². The fourth-order valence-electron chi connectivity index (χ4n) is 4.00. The molecule has 2 heterocycles. The number of hydrogen-bond donors (Lipinski definition) is 0. The van der Waals surface area contributed by atoms with E-state index in [0.717, 1.165) is 11.3 Å². The summed E-state index contributed by atoms with van der Waals surface area (Å²) in [5.41, 5.74) is 2.95. The number of carbonyl (C=O) groups is 1. The molecular formula is C24H29ClN4O3. The Balaban J connectivity index is 2.35. The van der Waals surface area contributed by atoms with Crippen molar-refractivity contribution < 1.29 is 14.3 Å². The van der Waals surface area contributed by atoms with E-state index in [9.17, 15) is 4.79 Å². The molecule has 3 aromatic rings. The van der Waals surface area contributed by atoms with Crippen molar-refractivity contribution in [2.24, 2.45) is 5.92 Å². The Bertz CT molecular complexity index is 1110. The highest BCUT2D eigenvalue weighted by atomic mass is 35.5. The van der Waals surface area contributed by atoms with Crippen molar-refractivity contribution in [3.63, 3.8) is 0 Å². The maximum Gasteiger partial charge on any atom is 0.319 e. The van der Waals surface area contributed by atoms with Gasteiger partial charge < -0.3 is 14.0 Å². The molecule has 0 aliphatic rings. The predicted molar refractivity (Wildman–Crippen MR) is 125 cm³/mol. The van der Waals surface area contributed by atoms with Crippen LogP contribution >= 0.6 is 11.6 Å². The van der Waals surface area contributed by atoms with Gasteiger partial charge in [0.05, 0.1) is 25.5 Å². The molecule has 0 saturated carbocycles. The number of hydrogen-bond acceptors (Lipinski definition) is 6. The number of halogens is 1. The van der Waals surface area contributed by atoms with Crippen molar-refractivity contribution in [3.05, 3.63) is 52.4 Å². The minimum Gasteiger partial charge on any atom is -0.480 e. The second-order valence-corrected chi connectivity index (χ2v) is 8.68. The number of aromatic nitrogens is 4. The third-order valence-electron chi connectivity index (χ3n) is 5.34. The van der Waals surface area contributed by atoms with Gasteiger partial charge in [-0.15, -0.1) is 0 Å². The molecule has 1 atom stereocenters. The molecule has 1 unspecified atom stereocenters. The summed E-state index contributed by atoms with van der Waals surface area (Å²) in [5.74, 6) is 0.941. The lowest BCUT2D eigenvalue weighted by Gasteiger charge is -2.26. The van der Waals surface area contributed by atoms with Crippen LogP contribution in [0.25, 0.3) is 11.4 Å². The highest BCUT2D eigenvalue weighted by molar-refractivity contribution is 6.30. The van der Waals surface area contributed by atoms with Crippen molar-refractivity contribution in [3.8, 4) is 23.3 Å². The maximum absolute atomic E-state index is 12.8. The SMILES string of the molecule is COc1ncc(-c2nc(C(C)=O)c(C(c3ccc(Cl)cc3)C(C)C)n2C(C)C)c(OC)n1. The number of rotatable bonds is 8. The summed E-state index contributed by atoms with van der Waals surface area (Å²) in [5, 5.41) is 0.668. The Morgan fingerprint density at radius 2 is 1.69 bits per heavy atom. The van der Waals surface area contributed by atoms with Crippen molar-refractivity contribution in [1.29, 1.82) is 0 Å². The lowest BCUT2D eigenvalue weighted by molar-refractivity contribution is 0.101. The van der Waals surface area contributed by atoms with E-state index in [1.807, 2.05) is 24.3 Å². The number of methoxy groups -OCH3 is 2. The molecule has 0 saturated heterocycles. The summed E-state index contributed by atoms with van der Waals surface area (Å²) < 4.78 is 12.7. The number of imidazole rings is 1. The van der Waals surface area contributed by atoms with E-state index in [4.69, 9.17) is 26.1 Å². The van der Waals surface area contributed by atoms with Gasteiger partial charge in [-0.05, 0) is 37.5 Å². The van der Waals surface area contributed by atoms with Crippen LogP contribution in [-0.2, 0) is 0 Å². The van der Waals surface area contributed by atoms with Gasteiger partial charge in [0.15, 0.2) is 5.78 Å². The molecule has 0 bridgehead atoms. The van der Waals surface area contributed by atoms with Crippen LogP contribution in [-0.4, -0.2) is 39.5 Å². The van der Waals surface area contributed by atoms with Crippen LogP contribution < -0.4 is 9.47 Å². The lowest BCUT2D eigenvalue weighted by atomic mass is 9.84. The van der Waals surface area contributed by atoms with Crippen LogP contribution in [0.2, 0.25) is 5.02 Å². The third kappa shape index (κ3) is 4.48. The first kappa shape index (κ1) is 23.7. The van der Waals surface area contributed by atoms with Crippen LogP contribution in [0.15, 0.2) is 30.5 Å². The van der Waals surface area contributed by atoms with E-state index in [1.165, 1.54) is 14.2 Å². The average Bonchev–Trinajstić information content (AvgIpc) is 3.15. The van der Waals surface area contributed by atoms with Crippen molar-refractivity contribution in [1.82, 2.24) is 19.5 Å². The minimum absolute atomic E-state index is 0.0148. The quantitative estimate of drug-likeness (QED) is 0.411. The van der Waals surface area contributed by atoms with Gasteiger partial charge >= 0.3 is 6.01 Å². The predicted octanol–water partition coefficient (Wildman–Crippen LogP) is 5.58. The second kappa shape index (κ2) is 9.69. The van der Waals surface area contributed by atoms with Crippen molar-refractivity contribution >= 4 is 17.4 Å². The molecule has 0 N–H and O–H groups in total. The molecule has 170 valence electrons. The lowest BCUT2D eigenvalue weighted by Crippen LogP contribution is -2.19. The molecule has 32 heavy (non-hydrogen) atoms. The fraction of sp³-hybridized carbons (Fsp3) is 0.417. The van der Waals surface area contributed by atoms with Gasteiger partial charge in [0, 0.05) is 30.1 Å². The molecule has 1 aromatic carbocycles.